The summed E-state index contributed by atoms with van der Waals surface area (Å²) in [7, 11) is 1.85. The van der Waals surface area contributed by atoms with E-state index in [-0.39, 0.29) is 16.9 Å². The highest BCUT2D eigenvalue weighted by Gasteiger charge is 2.14. The van der Waals surface area contributed by atoms with Crippen molar-refractivity contribution < 1.29 is 4.79 Å². The van der Waals surface area contributed by atoms with Gasteiger partial charge in [0.1, 0.15) is 5.56 Å². The molecule has 0 unspecified atom stereocenters. The van der Waals surface area contributed by atoms with Crippen molar-refractivity contribution in [1.29, 1.82) is 0 Å². The van der Waals surface area contributed by atoms with Gasteiger partial charge in [-0.05, 0) is 38.8 Å². The van der Waals surface area contributed by atoms with Gasteiger partial charge in [-0.3, -0.25) is 9.59 Å². The maximum absolute atomic E-state index is 12.7. The van der Waals surface area contributed by atoms with Gasteiger partial charge in [0.15, 0.2) is 0 Å². The van der Waals surface area contributed by atoms with E-state index in [2.05, 4.69) is 10.3 Å². The number of aryl methyl sites for hydroxylation is 4. The van der Waals surface area contributed by atoms with Crippen LogP contribution in [0.3, 0.4) is 0 Å². The van der Waals surface area contributed by atoms with E-state index in [4.69, 9.17) is 0 Å². The van der Waals surface area contributed by atoms with Gasteiger partial charge < -0.3 is 9.88 Å². The second kappa shape index (κ2) is 7.19. The Morgan fingerprint density at radius 3 is 2.84 bits per heavy atom. The van der Waals surface area contributed by atoms with Gasteiger partial charge >= 0.3 is 0 Å². The highest BCUT2D eigenvalue weighted by Crippen LogP contribution is 2.14. The minimum Gasteiger partial charge on any atom is -0.352 e. The summed E-state index contributed by atoms with van der Waals surface area (Å²) in [6, 6.07) is 5.70. The molecule has 0 aliphatic rings. The Labute approximate surface area is 150 Å². The first-order chi connectivity index (χ1) is 12.0. The van der Waals surface area contributed by atoms with E-state index in [1.54, 1.807) is 17.5 Å². The van der Waals surface area contributed by atoms with Crippen LogP contribution in [0.2, 0.25) is 0 Å². The van der Waals surface area contributed by atoms with Gasteiger partial charge in [-0.1, -0.05) is 11.6 Å². The molecule has 3 rings (SSSR count). The average Bonchev–Trinajstić information content (AvgIpc) is 2.99. The Hall–Kier alpha value is -2.47. The number of fused-ring (bicyclic) bond motifs is 1. The molecule has 3 aromatic rings. The molecule has 0 radical (unpaired) electrons. The summed E-state index contributed by atoms with van der Waals surface area (Å²) in [5, 5.41) is 3.44. The molecule has 2 heterocycles. The molecular formula is C19H21N3O2S. The first-order valence-corrected chi connectivity index (χ1v) is 9.12. The zero-order valence-electron chi connectivity index (χ0n) is 14.6. The van der Waals surface area contributed by atoms with Crippen LogP contribution in [0.15, 0.2) is 34.7 Å². The van der Waals surface area contributed by atoms with Crippen LogP contribution in [0.5, 0.6) is 0 Å². The number of benzene rings is 1. The largest absolute Gasteiger partial charge is 0.352 e. The van der Waals surface area contributed by atoms with E-state index in [0.717, 1.165) is 29.6 Å². The summed E-state index contributed by atoms with van der Waals surface area (Å²) in [6.07, 6.45) is 3.32. The van der Waals surface area contributed by atoms with Gasteiger partial charge in [0.2, 0.25) is 5.43 Å². The van der Waals surface area contributed by atoms with Crippen molar-refractivity contribution in [3.05, 3.63) is 61.8 Å². The van der Waals surface area contributed by atoms with E-state index in [1.807, 2.05) is 49.2 Å². The number of nitrogens with zero attached hydrogens (tertiary/aromatic N) is 2. The fourth-order valence-electron chi connectivity index (χ4n) is 2.88. The van der Waals surface area contributed by atoms with Crippen molar-refractivity contribution in [3.63, 3.8) is 0 Å². The van der Waals surface area contributed by atoms with E-state index < -0.39 is 0 Å². The Bertz CT molecular complexity index is 988. The molecule has 0 saturated heterocycles. The third-order valence-corrected chi connectivity index (χ3v) is 5.29. The number of rotatable bonds is 5. The van der Waals surface area contributed by atoms with Crippen LogP contribution in [0.1, 0.15) is 32.9 Å². The number of nitrogens with one attached hydrogen (secondary N) is 1. The number of aromatic nitrogens is 2. The van der Waals surface area contributed by atoms with Crippen molar-refractivity contribution in [2.45, 2.75) is 26.7 Å². The van der Waals surface area contributed by atoms with Crippen LogP contribution in [0.25, 0.3) is 10.9 Å². The van der Waals surface area contributed by atoms with Gasteiger partial charge in [0.05, 0.1) is 16.7 Å². The molecule has 1 N–H and O–H groups in total. The van der Waals surface area contributed by atoms with E-state index in [1.165, 1.54) is 4.88 Å². The molecule has 130 valence electrons. The monoisotopic (exact) mass is 355 g/mol. The molecule has 1 aromatic carbocycles. The van der Waals surface area contributed by atoms with Crippen molar-refractivity contribution in [3.8, 4) is 0 Å². The van der Waals surface area contributed by atoms with E-state index >= 15 is 0 Å². The molecular weight excluding hydrogens is 334 g/mol. The number of hydrogen-bond acceptors (Lipinski definition) is 4. The highest BCUT2D eigenvalue weighted by atomic mass is 32.1. The third-order valence-electron chi connectivity index (χ3n) is 4.30. The maximum Gasteiger partial charge on any atom is 0.256 e. The van der Waals surface area contributed by atoms with Crippen molar-refractivity contribution >= 4 is 28.1 Å². The number of carbonyl (C=O) groups is 1. The Morgan fingerprint density at radius 2 is 2.12 bits per heavy atom. The van der Waals surface area contributed by atoms with Crippen LogP contribution >= 0.6 is 11.3 Å². The lowest BCUT2D eigenvalue weighted by atomic mass is 10.1. The summed E-state index contributed by atoms with van der Waals surface area (Å²) >= 11 is 1.63. The zero-order valence-corrected chi connectivity index (χ0v) is 15.4. The Balaban J connectivity index is 1.73. The van der Waals surface area contributed by atoms with Crippen molar-refractivity contribution in [2.75, 3.05) is 6.54 Å². The predicted octanol–water partition coefficient (Wildman–Crippen LogP) is 2.97. The highest BCUT2D eigenvalue weighted by molar-refractivity contribution is 7.09. The lowest BCUT2D eigenvalue weighted by Gasteiger charge is -2.10. The molecule has 0 bridgehead atoms. The summed E-state index contributed by atoms with van der Waals surface area (Å²) in [5.41, 5.74) is 4.69. The standard InChI is InChI=1S/C19H21N3O2S/c1-12-6-7-16-14(9-12)18(23)15(10-22(16)3)19(24)20-8-4-5-17-13(2)21-11-25-17/h6-7,9-11H,4-5,8H2,1-3H3,(H,20,24). The van der Waals surface area contributed by atoms with Crippen LogP contribution in [-0.4, -0.2) is 22.0 Å². The van der Waals surface area contributed by atoms with Gasteiger partial charge in [-0.2, -0.15) is 0 Å². The topological polar surface area (TPSA) is 64.0 Å². The first kappa shape index (κ1) is 17.4. The van der Waals surface area contributed by atoms with Crippen LogP contribution in [0, 0.1) is 13.8 Å². The molecule has 0 atom stereocenters. The lowest BCUT2D eigenvalue weighted by Crippen LogP contribution is -2.30. The molecule has 0 aliphatic heterocycles. The molecule has 25 heavy (non-hydrogen) atoms. The fourth-order valence-corrected chi connectivity index (χ4v) is 3.70. The third kappa shape index (κ3) is 3.64. The quantitative estimate of drug-likeness (QED) is 0.716. The number of thiazole rings is 1. The van der Waals surface area contributed by atoms with Crippen LogP contribution in [-0.2, 0) is 13.5 Å². The average molecular weight is 355 g/mol. The Morgan fingerprint density at radius 1 is 1.32 bits per heavy atom. The minimum atomic E-state index is -0.315. The molecule has 0 aliphatic carbocycles. The number of carbonyl (C=O) groups excluding carboxylic acids is 1. The first-order valence-electron chi connectivity index (χ1n) is 8.24. The molecule has 6 heteroatoms. The van der Waals surface area contributed by atoms with Crippen LogP contribution < -0.4 is 10.7 Å². The normalized spacial score (nSPS) is 11.0. The molecule has 5 nitrogen and oxygen atoms in total. The molecule has 1 amide bonds. The molecule has 2 aromatic heterocycles. The lowest BCUT2D eigenvalue weighted by molar-refractivity contribution is 0.0951. The van der Waals surface area contributed by atoms with Crippen LogP contribution in [0.4, 0.5) is 0 Å². The fraction of sp³-hybridized carbons (Fsp3) is 0.316. The second-order valence-electron chi connectivity index (χ2n) is 6.22. The summed E-state index contributed by atoms with van der Waals surface area (Å²) in [5.74, 6) is -0.315. The smallest absolute Gasteiger partial charge is 0.256 e. The number of hydrogen-bond donors (Lipinski definition) is 1. The zero-order chi connectivity index (χ0) is 18.0. The van der Waals surface area contributed by atoms with E-state index in [9.17, 15) is 9.59 Å². The van der Waals surface area contributed by atoms with Gasteiger partial charge in [0, 0.05) is 30.1 Å². The summed E-state index contributed by atoms with van der Waals surface area (Å²) in [6.45, 7) is 4.46. The number of pyridine rings is 1. The minimum absolute atomic E-state index is 0.189. The molecule has 0 saturated carbocycles. The summed E-state index contributed by atoms with van der Waals surface area (Å²) < 4.78 is 1.83. The molecule has 0 fully saturated rings. The van der Waals surface area contributed by atoms with Gasteiger partial charge in [-0.25, -0.2) is 4.98 Å². The maximum atomic E-state index is 12.7. The van der Waals surface area contributed by atoms with Crippen molar-refractivity contribution in [2.24, 2.45) is 7.05 Å². The number of amides is 1. The van der Waals surface area contributed by atoms with Gasteiger partial charge in [0.25, 0.3) is 5.91 Å². The van der Waals surface area contributed by atoms with Crippen molar-refractivity contribution in [1.82, 2.24) is 14.9 Å². The predicted molar refractivity (Wildman–Crippen MR) is 101 cm³/mol. The SMILES string of the molecule is Cc1ccc2c(c1)c(=O)c(C(=O)NCCCc1scnc1C)cn2C. The second-order valence-corrected chi connectivity index (χ2v) is 7.16. The Kier molecular flexibility index (Phi) is 4.99. The van der Waals surface area contributed by atoms with E-state index in [0.29, 0.717) is 11.9 Å². The summed E-state index contributed by atoms with van der Waals surface area (Å²) in [4.78, 5) is 30.6. The van der Waals surface area contributed by atoms with Gasteiger partial charge in [-0.15, -0.1) is 11.3 Å². The molecule has 0 spiro atoms.